The fourth-order valence-corrected chi connectivity index (χ4v) is 3.36. The van der Waals surface area contributed by atoms with Crippen molar-refractivity contribution >= 4 is 15.7 Å². The Bertz CT molecular complexity index is 508. The fraction of sp³-hybridized carbons (Fsp3) is 0.455. The molecule has 100 valence electrons. The third-order valence-electron chi connectivity index (χ3n) is 2.80. The minimum absolute atomic E-state index is 0.155. The van der Waals surface area contributed by atoms with E-state index in [2.05, 4.69) is 5.32 Å². The standard InChI is InChI=1S/C11H14F2N2O2S/c12-9-4-1-5-10(13)11(9)15-18(16,17)7-8-3-2-6-14-8/h1,4-5,8,14-15H,2-3,6-7H2. The number of rotatable bonds is 4. The van der Waals surface area contributed by atoms with Crippen molar-refractivity contribution in [1.82, 2.24) is 5.32 Å². The Hall–Kier alpha value is -1.21. The lowest BCUT2D eigenvalue weighted by atomic mass is 10.3. The van der Waals surface area contributed by atoms with Crippen LogP contribution in [-0.4, -0.2) is 26.8 Å². The monoisotopic (exact) mass is 276 g/mol. The van der Waals surface area contributed by atoms with E-state index in [4.69, 9.17) is 0 Å². The molecule has 1 fully saturated rings. The second kappa shape index (κ2) is 5.19. The van der Waals surface area contributed by atoms with E-state index in [-0.39, 0.29) is 11.8 Å². The van der Waals surface area contributed by atoms with Crippen molar-refractivity contribution in [3.63, 3.8) is 0 Å². The normalized spacial score (nSPS) is 20.0. The second-order valence-electron chi connectivity index (χ2n) is 4.27. The first-order chi connectivity index (χ1) is 8.48. The molecule has 1 saturated heterocycles. The van der Waals surface area contributed by atoms with E-state index in [1.807, 2.05) is 4.72 Å². The molecule has 1 aromatic carbocycles. The van der Waals surface area contributed by atoms with Gasteiger partial charge in [-0.05, 0) is 31.5 Å². The average molecular weight is 276 g/mol. The van der Waals surface area contributed by atoms with Gasteiger partial charge in [0.1, 0.15) is 17.3 Å². The van der Waals surface area contributed by atoms with E-state index < -0.39 is 27.3 Å². The molecule has 0 radical (unpaired) electrons. The average Bonchev–Trinajstić information content (AvgIpc) is 2.75. The maximum absolute atomic E-state index is 13.3. The minimum Gasteiger partial charge on any atom is -0.313 e. The highest BCUT2D eigenvalue weighted by atomic mass is 32.2. The molecule has 2 N–H and O–H groups in total. The lowest BCUT2D eigenvalue weighted by Gasteiger charge is -2.13. The van der Waals surface area contributed by atoms with E-state index >= 15 is 0 Å². The number of para-hydroxylation sites is 1. The fourth-order valence-electron chi connectivity index (χ4n) is 1.96. The van der Waals surface area contributed by atoms with Gasteiger partial charge in [0.05, 0.1) is 5.75 Å². The molecule has 2 rings (SSSR count). The number of halogens is 2. The van der Waals surface area contributed by atoms with Gasteiger partial charge in [0.25, 0.3) is 0 Å². The zero-order chi connectivity index (χ0) is 13.2. The molecular formula is C11H14F2N2O2S. The van der Waals surface area contributed by atoms with E-state index in [0.717, 1.165) is 31.5 Å². The van der Waals surface area contributed by atoms with Crippen molar-refractivity contribution in [2.45, 2.75) is 18.9 Å². The Morgan fingerprint density at radius 3 is 2.56 bits per heavy atom. The number of hydrogen-bond donors (Lipinski definition) is 2. The van der Waals surface area contributed by atoms with Crippen LogP contribution in [0, 0.1) is 11.6 Å². The molecule has 1 heterocycles. The lowest BCUT2D eigenvalue weighted by molar-refractivity contribution is 0.573. The molecule has 0 aliphatic carbocycles. The largest absolute Gasteiger partial charge is 0.313 e. The quantitative estimate of drug-likeness (QED) is 0.875. The molecule has 0 aromatic heterocycles. The summed E-state index contributed by atoms with van der Waals surface area (Å²) in [5, 5.41) is 3.02. The van der Waals surface area contributed by atoms with Gasteiger partial charge in [-0.25, -0.2) is 17.2 Å². The highest BCUT2D eigenvalue weighted by Gasteiger charge is 2.23. The molecular weight excluding hydrogens is 262 g/mol. The first kappa shape index (κ1) is 13.2. The van der Waals surface area contributed by atoms with Crippen LogP contribution in [0.4, 0.5) is 14.5 Å². The summed E-state index contributed by atoms with van der Waals surface area (Å²) in [6.07, 6.45) is 1.66. The van der Waals surface area contributed by atoms with Crippen molar-refractivity contribution < 1.29 is 17.2 Å². The topological polar surface area (TPSA) is 58.2 Å². The van der Waals surface area contributed by atoms with Crippen LogP contribution in [0.15, 0.2) is 18.2 Å². The summed E-state index contributed by atoms with van der Waals surface area (Å²) in [5.74, 6) is -2.02. The zero-order valence-corrected chi connectivity index (χ0v) is 10.4. The van der Waals surface area contributed by atoms with Crippen molar-refractivity contribution in [3.05, 3.63) is 29.8 Å². The number of benzene rings is 1. The van der Waals surface area contributed by atoms with Gasteiger partial charge in [-0.1, -0.05) is 6.07 Å². The van der Waals surface area contributed by atoms with Crippen molar-refractivity contribution in [3.8, 4) is 0 Å². The lowest BCUT2D eigenvalue weighted by Crippen LogP contribution is -2.33. The van der Waals surface area contributed by atoms with Crippen molar-refractivity contribution in [1.29, 1.82) is 0 Å². The van der Waals surface area contributed by atoms with E-state index in [1.54, 1.807) is 0 Å². The third kappa shape index (κ3) is 3.17. The molecule has 0 spiro atoms. The van der Waals surface area contributed by atoms with Gasteiger partial charge in [-0.3, -0.25) is 4.72 Å². The van der Waals surface area contributed by atoms with Crippen molar-refractivity contribution in [2.75, 3.05) is 17.0 Å². The molecule has 1 unspecified atom stereocenters. The Balaban J connectivity index is 2.12. The SMILES string of the molecule is O=S(=O)(CC1CCCN1)Nc1c(F)cccc1F. The third-order valence-corrected chi connectivity index (χ3v) is 4.16. The Labute approximate surface area is 104 Å². The molecule has 1 aliphatic rings. The van der Waals surface area contributed by atoms with Crippen LogP contribution in [0.1, 0.15) is 12.8 Å². The van der Waals surface area contributed by atoms with Crippen LogP contribution >= 0.6 is 0 Å². The van der Waals surface area contributed by atoms with Gasteiger partial charge in [0, 0.05) is 6.04 Å². The Morgan fingerprint density at radius 1 is 1.33 bits per heavy atom. The maximum atomic E-state index is 13.3. The summed E-state index contributed by atoms with van der Waals surface area (Å²) < 4.78 is 52.1. The summed E-state index contributed by atoms with van der Waals surface area (Å²) >= 11 is 0. The van der Waals surface area contributed by atoms with Gasteiger partial charge in [-0.15, -0.1) is 0 Å². The second-order valence-corrected chi connectivity index (χ2v) is 6.04. The Kier molecular flexibility index (Phi) is 3.82. The number of nitrogens with one attached hydrogen (secondary N) is 2. The van der Waals surface area contributed by atoms with Crippen LogP contribution in [0.25, 0.3) is 0 Å². The summed E-state index contributed by atoms with van der Waals surface area (Å²) in [6, 6.07) is 3.04. The first-order valence-corrected chi connectivity index (χ1v) is 7.31. The zero-order valence-electron chi connectivity index (χ0n) is 9.62. The van der Waals surface area contributed by atoms with Crippen LogP contribution < -0.4 is 10.0 Å². The Morgan fingerprint density at radius 2 is 2.00 bits per heavy atom. The minimum atomic E-state index is -3.76. The van der Waals surface area contributed by atoms with Gasteiger partial charge < -0.3 is 5.32 Å². The predicted molar refractivity (Wildman–Crippen MR) is 64.8 cm³/mol. The molecule has 0 bridgehead atoms. The molecule has 0 amide bonds. The van der Waals surface area contributed by atoms with E-state index in [0.29, 0.717) is 0 Å². The van der Waals surface area contributed by atoms with E-state index in [9.17, 15) is 17.2 Å². The molecule has 1 aliphatic heterocycles. The molecule has 7 heteroatoms. The molecule has 4 nitrogen and oxygen atoms in total. The maximum Gasteiger partial charge on any atom is 0.234 e. The first-order valence-electron chi connectivity index (χ1n) is 5.66. The van der Waals surface area contributed by atoms with Crippen LogP contribution in [0.3, 0.4) is 0 Å². The molecule has 18 heavy (non-hydrogen) atoms. The van der Waals surface area contributed by atoms with Gasteiger partial charge >= 0.3 is 0 Å². The van der Waals surface area contributed by atoms with E-state index in [1.165, 1.54) is 6.07 Å². The summed E-state index contributed by atoms with van der Waals surface area (Å²) in [6.45, 7) is 0.772. The summed E-state index contributed by atoms with van der Waals surface area (Å²) in [4.78, 5) is 0. The summed E-state index contributed by atoms with van der Waals surface area (Å²) in [5.41, 5.74) is -0.615. The van der Waals surface area contributed by atoms with Gasteiger partial charge in [0.2, 0.25) is 10.0 Å². The van der Waals surface area contributed by atoms with Crippen LogP contribution in [-0.2, 0) is 10.0 Å². The van der Waals surface area contributed by atoms with Gasteiger partial charge in [-0.2, -0.15) is 0 Å². The number of anilines is 1. The van der Waals surface area contributed by atoms with Crippen LogP contribution in [0.2, 0.25) is 0 Å². The predicted octanol–water partition coefficient (Wildman–Crippen LogP) is 1.46. The molecule has 0 saturated carbocycles. The van der Waals surface area contributed by atoms with Crippen molar-refractivity contribution in [2.24, 2.45) is 0 Å². The number of sulfonamides is 1. The smallest absolute Gasteiger partial charge is 0.234 e. The van der Waals surface area contributed by atoms with Gasteiger partial charge in [0.15, 0.2) is 0 Å². The number of hydrogen-bond acceptors (Lipinski definition) is 3. The molecule has 1 atom stereocenters. The highest BCUT2D eigenvalue weighted by Crippen LogP contribution is 2.20. The van der Waals surface area contributed by atoms with Crippen LogP contribution in [0.5, 0.6) is 0 Å². The molecule has 1 aromatic rings. The summed E-state index contributed by atoms with van der Waals surface area (Å²) in [7, 11) is -3.76. The highest BCUT2D eigenvalue weighted by molar-refractivity contribution is 7.92.